The van der Waals surface area contributed by atoms with Crippen molar-refractivity contribution in [2.45, 2.75) is 19.4 Å². The second-order valence-electron chi connectivity index (χ2n) is 5.23. The minimum Gasteiger partial charge on any atom is -0.494 e. The molecular weight excluding hydrogens is 312 g/mol. The number of nitrogens with two attached hydrogens (primary N) is 1. The van der Waals surface area contributed by atoms with E-state index in [0.717, 1.165) is 35.6 Å². The Bertz CT molecular complexity index is 773. The fourth-order valence-corrected chi connectivity index (χ4v) is 2.68. The van der Waals surface area contributed by atoms with Crippen LogP contribution < -0.4 is 10.5 Å². The number of pyridine rings is 1. The molecule has 0 aliphatic carbocycles. The lowest BCUT2D eigenvalue weighted by Gasteiger charge is -2.08. The monoisotopic (exact) mass is 330 g/mol. The first-order valence-electron chi connectivity index (χ1n) is 7.66. The molecule has 3 rings (SSSR count). The van der Waals surface area contributed by atoms with Crippen LogP contribution >= 0.6 is 11.6 Å². The van der Waals surface area contributed by atoms with Gasteiger partial charge in [0.2, 0.25) is 0 Å². The number of para-hydroxylation sites is 1. The maximum absolute atomic E-state index is 6.00. The van der Waals surface area contributed by atoms with E-state index in [4.69, 9.17) is 22.1 Å². The topological polar surface area (TPSA) is 66.0 Å². The zero-order chi connectivity index (χ0) is 16.1. The van der Waals surface area contributed by atoms with Gasteiger partial charge in [0.15, 0.2) is 5.65 Å². The molecule has 0 bridgehead atoms. The summed E-state index contributed by atoms with van der Waals surface area (Å²) in [6.07, 6.45) is 3.32. The molecule has 0 amide bonds. The van der Waals surface area contributed by atoms with Gasteiger partial charge in [0.25, 0.3) is 0 Å². The third kappa shape index (κ3) is 3.81. The molecule has 0 spiro atoms. The van der Waals surface area contributed by atoms with Crippen LogP contribution in [0.1, 0.15) is 12.2 Å². The van der Waals surface area contributed by atoms with Crippen molar-refractivity contribution in [2.75, 3.05) is 13.2 Å². The van der Waals surface area contributed by atoms with Gasteiger partial charge in [-0.05, 0) is 24.6 Å². The molecular formula is C17H19ClN4O. The van der Waals surface area contributed by atoms with Crippen molar-refractivity contribution in [3.63, 3.8) is 0 Å². The van der Waals surface area contributed by atoms with E-state index in [9.17, 15) is 0 Å². The Labute approximate surface area is 140 Å². The van der Waals surface area contributed by atoms with Crippen molar-refractivity contribution < 1.29 is 4.74 Å². The molecule has 0 unspecified atom stereocenters. The summed E-state index contributed by atoms with van der Waals surface area (Å²) in [7, 11) is 0. The molecule has 0 saturated heterocycles. The average molecular weight is 331 g/mol. The van der Waals surface area contributed by atoms with Crippen LogP contribution in [0.25, 0.3) is 11.2 Å². The predicted molar refractivity (Wildman–Crippen MR) is 91.9 cm³/mol. The van der Waals surface area contributed by atoms with Crippen LogP contribution in [-0.2, 0) is 13.0 Å². The van der Waals surface area contributed by atoms with Crippen LogP contribution in [0.3, 0.4) is 0 Å². The molecule has 2 heterocycles. The van der Waals surface area contributed by atoms with Gasteiger partial charge in [-0.3, -0.25) is 0 Å². The summed E-state index contributed by atoms with van der Waals surface area (Å²) in [5.41, 5.74) is 7.36. The Morgan fingerprint density at radius 1 is 1.22 bits per heavy atom. The van der Waals surface area contributed by atoms with Crippen LogP contribution in [0.4, 0.5) is 0 Å². The van der Waals surface area contributed by atoms with E-state index >= 15 is 0 Å². The summed E-state index contributed by atoms with van der Waals surface area (Å²) in [5, 5.41) is 0.592. The highest BCUT2D eigenvalue weighted by atomic mass is 35.5. The number of ether oxygens (including phenoxy) is 1. The molecule has 120 valence electrons. The fraction of sp³-hybridized carbons (Fsp3) is 0.294. The van der Waals surface area contributed by atoms with Crippen molar-refractivity contribution in [1.29, 1.82) is 0 Å². The second-order valence-corrected chi connectivity index (χ2v) is 5.67. The summed E-state index contributed by atoms with van der Waals surface area (Å²) in [4.78, 5) is 9.02. The second kappa shape index (κ2) is 7.44. The van der Waals surface area contributed by atoms with E-state index in [1.54, 1.807) is 6.20 Å². The van der Waals surface area contributed by atoms with E-state index in [2.05, 4.69) is 14.5 Å². The van der Waals surface area contributed by atoms with Gasteiger partial charge >= 0.3 is 0 Å². The number of imidazole rings is 1. The standard InChI is InChI=1S/C17H19ClN4O/c18-13-11-15-17(20-12-13)22(9-8-19)16(21-15)7-4-10-23-14-5-2-1-3-6-14/h1-3,5-6,11-12H,4,7-10,19H2. The van der Waals surface area contributed by atoms with Gasteiger partial charge in [0.05, 0.1) is 11.6 Å². The van der Waals surface area contributed by atoms with Crippen molar-refractivity contribution >= 4 is 22.8 Å². The lowest BCUT2D eigenvalue weighted by Crippen LogP contribution is -2.13. The van der Waals surface area contributed by atoms with Gasteiger partial charge < -0.3 is 15.0 Å². The Hall–Kier alpha value is -2.11. The Balaban J connectivity index is 1.68. The van der Waals surface area contributed by atoms with E-state index in [0.29, 0.717) is 24.7 Å². The highest BCUT2D eigenvalue weighted by Crippen LogP contribution is 2.19. The summed E-state index contributed by atoms with van der Waals surface area (Å²) < 4.78 is 7.79. The van der Waals surface area contributed by atoms with E-state index in [-0.39, 0.29) is 0 Å². The molecule has 2 aromatic heterocycles. The lowest BCUT2D eigenvalue weighted by atomic mass is 10.3. The summed E-state index contributed by atoms with van der Waals surface area (Å²) >= 11 is 6.00. The number of nitrogens with zero attached hydrogens (tertiary/aromatic N) is 3. The number of fused-ring (bicyclic) bond motifs is 1. The molecule has 0 aliphatic heterocycles. The van der Waals surface area contributed by atoms with Gasteiger partial charge in [0, 0.05) is 25.7 Å². The molecule has 1 aromatic carbocycles. The number of hydrogen-bond acceptors (Lipinski definition) is 4. The Morgan fingerprint density at radius 2 is 2.04 bits per heavy atom. The van der Waals surface area contributed by atoms with Crippen molar-refractivity contribution in [1.82, 2.24) is 14.5 Å². The third-order valence-electron chi connectivity index (χ3n) is 3.54. The molecule has 5 nitrogen and oxygen atoms in total. The van der Waals surface area contributed by atoms with Gasteiger partial charge in [-0.1, -0.05) is 29.8 Å². The zero-order valence-electron chi connectivity index (χ0n) is 12.8. The Morgan fingerprint density at radius 3 is 2.83 bits per heavy atom. The summed E-state index contributed by atoms with van der Waals surface area (Å²) in [6.45, 7) is 1.88. The maximum Gasteiger partial charge on any atom is 0.160 e. The normalized spacial score (nSPS) is 11.0. The molecule has 3 aromatic rings. The Kier molecular flexibility index (Phi) is 5.10. The molecule has 2 N–H and O–H groups in total. The first-order valence-corrected chi connectivity index (χ1v) is 8.04. The first kappa shape index (κ1) is 15.8. The van der Waals surface area contributed by atoms with Crippen LogP contribution in [0, 0.1) is 0 Å². The molecule has 23 heavy (non-hydrogen) atoms. The van der Waals surface area contributed by atoms with Gasteiger partial charge in [-0.15, -0.1) is 0 Å². The minimum atomic E-state index is 0.545. The molecule has 0 aliphatic rings. The highest BCUT2D eigenvalue weighted by molar-refractivity contribution is 6.31. The number of halogens is 1. The van der Waals surface area contributed by atoms with E-state index in [1.807, 2.05) is 36.4 Å². The lowest BCUT2D eigenvalue weighted by molar-refractivity contribution is 0.309. The molecule has 0 saturated carbocycles. The van der Waals surface area contributed by atoms with E-state index < -0.39 is 0 Å². The van der Waals surface area contributed by atoms with Crippen molar-refractivity contribution in [2.24, 2.45) is 5.73 Å². The number of hydrogen-bond donors (Lipinski definition) is 1. The maximum atomic E-state index is 6.00. The predicted octanol–water partition coefficient (Wildman–Crippen LogP) is 3.06. The zero-order valence-corrected chi connectivity index (χ0v) is 13.5. The fourth-order valence-electron chi connectivity index (χ4n) is 2.53. The number of rotatable bonds is 7. The quantitative estimate of drug-likeness (QED) is 0.676. The highest BCUT2D eigenvalue weighted by Gasteiger charge is 2.11. The van der Waals surface area contributed by atoms with Crippen LogP contribution in [-0.4, -0.2) is 27.7 Å². The average Bonchev–Trinajstić information content (AvgIpc) is 2.90. The third-order valence-corrected chi connectivity index (χ3v) is 3.75. The molecule has 0 atom stereocenters. The number of benzene rings is 1. The SMILES string of the molecule is NCCn1c(CCCOc2ccccc2)nc2cc(Cl)cnc21. The summed E-state index contributed by atoms with van der Waals surface area (Å²) in [5.74, 6) is 1.85. The van der Waals surface area contributed by atoms with Crippen molar-refractivity contribution in [3.05, 3.63) is 53.4 Å². The van der Waals surface area contributed by atoms with Crippen LogP contribution in [0.5, 0.6) is 5.75 Å². The van der Waals surface area contributed by atoms with Crippen LogP contribution in [0.15, 0.2) is 42.6 Å². The van der Waals surface area contributed by atoms with Gasteiger partial charge in [0.1, 0.15) is 17.1 Å². The van der Waals surface area contributed by atoms with Gasteiger partial charge in [-0.25, -0.2) is 9.97 Å². The van der Waals surface area contributed by atoms with Gasteiger partial charge in [-0.2, -0.15) is 0 Å². The van der Waals surface area contributed by atoms with Crippen molar-refractivity contribution in [3.8, 4) is 5.75 Å². The molecule has 0 radical (unpaired) electrons. The largest absolute Gasteiger partial charge is 0.494 e. The molecule has 6 heteroatoms. The number of aromatic nitrogens is 3. The smallest absolute Gasteiger partial charge is 0.160 e. The minimum absolute atomic E-state index is 0.545. The van der Waals surface area contributed by atoms with Crippen LogP contribution in [0.2, 0.25) is 5.02 Å². The number of aryl methyl sites for hydroxylation is 1. The molecule has 0 fully saturated rings. The summed E-state index contributed by atoms with van der Waals surface area (Å²) in [6, 6.07) is 11.6. The first-order chi connectivity index (χ1) is 11.3. The van der Waals surface area contributed by atoms with E-state index in [1.165, 1.54) is 0 Å².